The third kappa shape index (κ3) is 1.98. The highest BCUT2D eigenvalue weighted by Gasteiger charge is 2.41. The topological polar surface area (TPSA) is 37.3 Å². The largest absolute Gasteiger partial charge is 0.477 e. The van der Waals surface area contributed by atoms with E-state index in [0.29, 0.717) is 12.1 Å². The number of alkyl halides is 2. The van der Waals surface area contributed by atoms with Crippen LogP contribution in [0.2, 0.25) is 5.02 Å². The Morgan fingerprint density at radius 1 is 1.36 bits per heavy atom. The fourth-order valence-corrected chi connectivity index (χ4v) is 1.08. The summed E-state index contributed by atoms with van der Waals surface area (Å²) in [6.45, 7) is 0. The molecule has 1 N–H and O–H groups in total. The summed E-state index contributed by atoms with van der Waals surface area (Å²) in [7, 11) is 0. The molecular weight excluding hydrogens is 221 g/mol. The Morgan fingerprint density at radius 2 is 1.93 bits per heavy atom. The van der Waals surface area contributed by atoms with Crippen LogP contribution in [-0.2, 0) is 10.7 Å². The predicted octanol–water partition coefficient (Wildman–Crippen LogP) is 2.66. The lowest BCUT2D eigenvalue weighted by Crippen LogP contribution is -2.25. The first-order chi connectivity index (χ1) is 6.34. The molecule has 0 aliphatic heterocycles. The minimum Gasteiger partial charge on any atom is -0.477 e. The third-order valence-corrected chi connectivity index (χ3v) is 1.71. The maximum Gasteiger partial charge on any atom is 0.379 e. The number of carboxylic acids is 1. The van der Waals surface area contributed by atoms with Gasteiger partial charge in [0.25, 0.3) is 0 Å². The number of hydrogen-bond donors (Lipinski definition) is 1. The number of benzene rings is 1. The van der Waals surface area contributed by atoms with Crippen LogP contribution < -0.4 is 0 Å². The molecule has 0 saturated carbocycles. The molecule has 0 atom stereocenters. The highest BCUT2D eigenvalue weighted by Crippen LogP contribution is 2.30. The van der Waals surface area contributed by atoms with Gasteiger partial charge in [-0.2, -0.15) is 8.78 Å². The molecule has 0 heterocycles. The first-order valence-corrected chi connectivity index (χ1v) is 3.79. The molecule has 76 valence electrons. The van der Waals surface area contributed by atoms with Crippen molar-refractivity contribution in [1.82, 2.24) is 0 Å². The maximum absolute atomic E-state index is 12.8. The van der Waals surface area contributed by atoms with E-state index in [4.69, 9.17) is 16.7 Å². The molecule has 0 amide bonds. The van der Waals surface area contributed by atoms with Crippen LogP contribution in [0.25, 0.3) is 0 Å². The van der Waals surface area contributed by atoms with E-state index in [2.05, 4.69) is 0 Å². The average molecular weight is 225 g/mol. The highest BCUT2D eigenvalue weighted by molar-refractivity contribution is 6.30. The Labute approximate surface area is 81.9 Å². The van der Waals surface area contributed by atoms with Crippen LogP contribution in [0.4, 0.5) is 13.2 Å². The molecule has 0 aliphatic rings. The standard InChI is InChI=1S/C8H4ClF3O2/c9-5-1-4(2-6(10)3-5)8(11,12)7(13)14/h1-3H,(H,13,14). The second-order valence-corrected chi connectivity index (χ2v) is 2.97. The molecule has 6 heteroatoms. The summed E-state index contributed by atoms with van der Waals surface area (Å²) in [5.74, 6) is -7.49. The van der Waals surface area contributed by atoms with Gasteiger partial charge in [-0.05, 0) is 18.2 Å². The Kier molecular flexibility index (Phi) is 2.71. The Balaban J connectivity index is 3.25. The van der Waals surface area contributed by atoms with Crippen molar-refractivity contribution in [3.8, 4) is 0 Å². The smallest absolute Gasteiger partial charge is 0.379 e. The molecule has 0 spiro atoms. The van der Waals surface area contributed by atoms with E-state index in [0.717, 1.165) is 6.07 Å². The SMILES string of the molecule is O=C(O)C(F)(F)c1cc(F)cc(Cl)c1. The fraction of sp³-hybridized carbons (Fsp3) is 0.125. The highest BCUT2D eigenvalue weighted by atomic mass is 35.5. The summed E-state index contributed by atoms with van der Waals surface area (Å²) in [5.41, 5.74) is -0.977. The number of halogens is 4. The zero-order chi connectivity index (χ0) is 10.9. The zero-order valence-corrected chi connectivity index (χ0v) is 7.36. The van der Waals surface area contributed by atoms with Crippen molar-refractivity contribution < 1.29 is 23.1 Å². The lowest BCUT2D eigenvalue weighted by molar-refractivity contribution is -0.166. The van der Waals surface area contributed by atoms with Gasteiger partial charge in [0.1, 0.15) is 5.82 Å². The van der Waals surface area contributed by atoms with Gasteiger partial charge in [-0.25, -0.2) is 9.18 Å². The first kappa shape index (κ1) is 10.8. The van der Waals surface area contributed by atoms with Crippen molar-refractivity contribution >= 4 is 17.6 Å². The monoisotopic (exact) mass is 224 g/mol. The van der Waals surface area contributed by atoms with Gasteiger partial charge in [-0.15, -0.1) is 0 Å². The molecule has 0 aliphatic carbocycles. The van der Waals surface area contributed by atoms with Crippen LogP contribution in [0, 0.1) is 5.82 Å². The van der Waals surface area contributed by atoms with E-state index < -0.39 is 23.3 Å². The summed E-state index contributed by atoms with van der Waals surface area (Å²) in [4.78, 5) is 10.1. The molecule has 0 bridgehead atoms. The lowest BCUT2D eigenvalue weighted by Gasteiger charge is -2.11. The van der Waals surface area contributed by atoms with Crippen LogP contribution in [-0.4, -0.2) is 11.1 Å². The van der Waals surface area contributed by atoms with E-state index in [1.165, 1.54) is 0 Å². The van der Waals surface area contributed by atoms with Crippen molar-refractivity contribution in [3.05, 3.63) is 34.6 Å². The molecule has 0 fully saturated rings. The van der Waals surface area contributed by atoms with Gasteiger partial charge >= 0.3 is 11.9 Å². The molecule has 0 unspecified atom stereocenters. The number of rotatable bonds is 2. The number of carbonyl (C=O) groups is 1. The van der Waals surface area contributed by atoms with Crippen molar-refractivity contribution in [2.24, 2.45) is 0 Å². The van der Waals surface area contributed by atoms with Gasteiger partial charge in [0.15, 0.2) is 0 Å². The minimum atomic E-state index is -4.13. The molecule has 0 radical (unpaired) electrons. The number of carboxylic acid groups (broad SMARTS) is 1. The molecular formula is C8H4ClF3O2. The fourth-order valence-electron chi connectivity index (χ4n) is 0.859. The molecule has 1 aromatic carbocycles. The van der Waals surface area contributed by atoms with E-state index in [1.807, 2.05) is 0 Å². The molecule has 14 heavy (non-hydrogen) atoms. The van der Waals surface area contributed by atoms with Crippen LogP contribution in [0.3, 0.4) is 0 Å². The molecule has 1 aromatic rings. The number of aliphatic carboxylic acids is 1. The molecule has 0 aromatic heterocycles. The van der Waals surface area contributed by atoms with Gasteiger partial charge in [0.05, 0.1) is 0 Å². The van der Waals surface area contributed by atoms with E-state index in [9.17, 15) is 18.0 Å². The van der Waals surface area contributed by atoms with Crippen molar-refractivity contribution in [2.75, 3.05) is 0 Å². The Hall–Kier alpha value is -1.23. The summed E-state index contributed by atoms with van der Waals surface area (Å²) >= 11 is 5.29. The minimum absolute atomic E-state index is 0.277. The van der Waals surface area contributed by atoms with E-state index >= 15 is 0 Å². The van der Waals surface area contributed by atoms with Gasteiger partial charge in [0.2, 0.25) is 0 Å². The van der Waals surface area contributed by atoms with E-state index in [-0.39, 0.29) is 5.02 Å². The summed E-state index contributed by atoms with van der Waals surface area (Å²) in [5, 5.41) is 7.88. The molecule has 0 saturated heterocycles. The van der Waals surface area contributed by atoms with Crippen LogP contribution >= 0.6 is 11.6 Å². The quantitative estimate of drug-likeness (QED) is 0.839. The Morgan fingerprint density at radius 3 is 2.36 bits per heavy atom. The summed E-state index contributed by atoms with van der Waals surface area (Å²) in [6.07, 6.45) is 0. The lowest BCUT2D eigenvalue weighted by atomic mass is 10.1. The maximum atomic E-state index is 12.8. The van der Waals surface area contributed by atoms with E-state index in [1.54, 1.807) is 0 Å². The van der Waals surface area contributed by atoms with Gasteiger partial charge in [-0.1, -0.05) is 11.6 Å². The van der Waals surface area contributed by atoms with Gasteiger partial charge < -0.3 is 5.11 Å². The number of hydrogen-bond acceptors (Lipinski definition) is 1. The third-order valence-electron chi connectivity index (χ3n) is 1.49. The van der Waals surface area contributed by atoms with Crippen LogP contribution in [0.15, 0.2) is 18.2 Å². The normalized spacial score (nSPS) is 11.4. The van der Waals surface area contributed by atoms with Gasteiger partial charge in [-0.3, -0.25) is 0 Å². The van der Waals surface area contributed by atoms with Crippen molar-refractivity contribution in [1.29, 1.82) is 0 Å². The van der Waals surface area contributed by atoms with Crippen molar-refractivity contribution in [3.63, 3.8) is 0 Å². The van der Waals surface area contributed by atoms with Gasteiger partial charge in [0, 0.05) is 10.6 Å². The second kappa shape index (κ2) is 3.49. The average Bonchev–Trinajstić information content (AvgIpc) is 2.01. The Bertz CT molecular complexity index is 359. The summed E-state index contributed by atoms with van der Waals surface area (Å²) < 4.78 is 38.2. The van der Waals surface area contributed by atoms with Crippen LogP contribution in [0.1, 0.15) is 5.56 Å². The van der Waals surface area contributed by atoms with Crippen LogP contribution in [0.5, 0.6) is 0 Å². The zero-order valence-electron chi connectivity index (χ0n) is 6.60. The predicted molar refractivity (Wildman–Crippen MR) is 42.9 cm³/mol. The first-order valence-electron chi connectivity index (χ1n) is 3.42. The second-order valence-electron chi connectivity index (χ2n) is 2.54. The summed E-state index contributed by atoms with van der Waals surface area (Å²) in [6, 6.07) is 1.95. The molecule has 2 nitrogen and oxygen atoms in total. The molecule has 1 rings (SSSR count). The van der Waals surface area contributed by atoms with Crippen molar-refractivity contribution in [2.45, 2.75) is 5.92 Å².